The summed E-state index contributed by atoms with van der Waals surface area (Å²) in [6, 6.07) is 9.25. The number of aromatic nitrogens is 3. The summed E-state index contributed by atoms with van der Waals surface area (Å²) >= 11 is 1.65. The molecule has 1 amide bonds. The second kappa shape index (κ2) is 7.48. The van der Waals surface area contributed by atoms with Gasteiger partial charge in [0.15, 0.2) is 6.61 Å². The van der Waals surface area contributed by atoms with Gasteiger partial charge >= 0.3 is 5.97 Å². The number of carbonyl (C=O) groups is 2. The Bertz CT molecular complexity index is 967. The standard InChI is InChI=1S/C19H20N4O3S/c1-2-23-15-8-7-13(11-14(15)20-21-23)19(25)26-12-18(24)22-9-3-5-16(22)17-6-4-10-27-17/h4,6-8,10-11,16H,2-3,5,9,12H2,1H3/t16-/m1/s1. The molecule has 2 aromatic heterocycles. The van der Waals surface area contributed by atoms with Gasteiger partial charge < -0.3 is 9.64 Å². The number of benzene rings is 1. The molecule has 7 nitrogen and oxygen atoms in total. The minimum Gasteiger partial charge on any atom is -0.452 e. The van der Waals surface area contributed by atoms with E-state index in [1.165, 1.54) is 4.88 Å². The van der Waals surface area contributed by atoms with E-state index in [0.29, 0.717) is 24.2 Å². The molecule has 8 heteroatoms. The normalized spacial score (nSPS) is 16.8. The third-order valence-corrected chi connectivity index (χ3v) is 5.79. The highest BCUT2D eigenvalue weighted by molar-refractivity contribution is 7.10. The van der Waals surface area contributed by atoms with E-state index in [4.69, 9.17) is 4.74 Å². The predicted octanol–water partition coefficient (Wildman–Crippen LogP) is 3.03. The lowest BCUT2D eigenvalue weighted by Gasteiger charge is -2.23. The Kier molecular flexibility index (Phi) is 4.89. The summed E-state index contributed by atoms with van der Waals surface area (Å²) in [7, 11) is 0. The largest absolute Gasteiger partial charge is 0.452 e. The molecule has 4 rings (SSSR count). The fourth-order valence-electron chi connectivity index (χ4n) is 3.47. The number of aryl methyl sites for hydroxylation is 1. The van der Waals surface area contributed by atoms with Crippen LogP contribution in [-0.4, -0.2) is 44.9 Å². The number of nitrogens with zero attached hydrogens (tertiary/aromatic N) is 4. The van der Waals surface area contributed by atoms with Gasteiger partial charge in [-0.25, -0.2) is 9.48 Å². The molecule has 1 atom stereocenters. The van der Waals surface area contributed by atoms with E-state index in [-0.39, 0.29) is 18.6 Å². The van der Waals surface area contributed by atoms with Crippen molar-refractivity contribution in [3.8, 4) is 0 Å². The highest BCUT2D eigenvalue weighted by Crippen LogP contribution is 2.34. The molecule has 0 spiro atoms. The van der Waals surface area contributed by atoms with Crippen molar-refractivity contribution < 1.29 is 14.3 Å². The molecule has 27 heavy (non-hydrogen) atoms. The van der Waals surface area contributed by atoms with Crippen LogP contribution in [0, 0.1) is 0 Å². The summed E-state index contributed by atoms with van der Waals surface area (Å²) in [4.78, 5) is 27.9. The van der Waals surface area contributed by atoms with E-state index in [2.05, 4.69) is 10.3 Å². The van der Waals surface area contributed by atoms with Crippen molar-refractivity contribution >= 4 is 34.2 Å². The van der Waals surface area contributed by atoms with E-state index in [1.54, 1.807) is 34.2 Å². The molecule has 1 saturated heterocycles. The van der Waals surface area contributed by atoms with Gasteiger partial charge in [0, 0.05) is 18.0 Å². The zero-order valence-electron chi connectivity index (χ0n) is 15.0. The van der Waals surface area contributed by atoms with Crippen molar-refractivity contribution in [3.63, 3.8) is 0 Å². The third kappa shape index (κ3) is 3.44. The van der Waals surface area contributed by atoms with E-state index >= 15 is 0 Å². The molecule has 1 aromatic carbocycles. The fourth-order valence-corrected chi connectivity index (χ4v) is 4.34. The first kappa shape index (κ1) is 17.7. The molecule has 0 radical (unpaired) electrons. The van der Waals surface area contributed by atoms with Crippen molar-refractivity contribution in [2.75, 3.05) is 13.2 Å². The van der Waals surface area contributed by atoms with E-state index in [1.807, 2.05) is 29.3 Å². The Labute approximate surface area is 160 Å². The van der Waals surface area contributed by atoms with Gasteiger partial charge in [-0.15, -0.1) is 16.4 Å². The molecular weight excluding hydrogens is 364 g/mol. The van der Waals surface area contributed by atoms with E-state index in [0.717, 1.165) is 18.4 Å². The Hall–Kier alpha value is -2.74. The zero-order valence-corrected chi connectivity index (χ0v) is 15.8. The van der Waals surface area contributed by atoms with Crippen LogP contribution in [-0.2, 0) is 16.1 Å². The third-order valence-electron chi connectivity index (χ3n) is 4.82. The van der Waals surface area contributed by atoms with Crippen LogP contribution in [0.3, 0.4) is 0 Å². The minimum atomic E-state index is -0.525. The van der Waals surface area contributed by atoms with Crippen LogP contribution in [0.5, 0.6) is 0 Å². The van der Waals surface area contributed by atoms with Crippen LogP contribution in [0.1, 0.15) is 41.0 Å². The van der Waals surface area contributed by atoms with Gasteiger partial charge in [0.25, 0.3) is 5.91 Å². The fraction of sp³-hybridized carbons (Fsp3) is 0.368. The van der Waals surface area contributed by atoms with Crippen LogP contribution in [0.2, 0.25) is 0 Å². The Morgan fingerprint density at radius 3 is 3.00 bits per heavy atom. The number of esters is 1. The van der Waals surface area contributed by atoms with Crippen molar-refractivity contribution in [3.05, 3.63) is 46.2 Å². The first-order chi connectivity index (χ1) is 13.2. The summed E-state index contributed by atoms with van der Waals surface area (Å²) in [5.41, 5.74) is 1.87. The molecule has 1 aliphatic heterocycles. The minimum absolute atomic E-state index is 0.0941. The average molecular weight is 384 g/mol. The average Bonchev–Trinajstić information content (AvgIpc) is 3.44. The summed E-state index contributed by atoms with van der Waals surface area (Å²) in [5, 5.41) is 10.1. The SMILES string of the molecule is CCn1nnc2cc(C(=O)OCC(=O)N3CCC[C@@H]3c3cccs3)ccc21. The van der Waals surface area contributed by atoms with E-state index < -0.39 is 5.97 Å². The van der Waals surface area contributed by atoms with Crippen molar-refractivity contribution in [1.29, 1.82) is 0 Å². The molecule has 0 N–H and O–H groups in total. The highest BCUT2D eigenvalue weighted by atomic mass is 32.1. The number of thiophene rings is 1. The van der Waals surface area contributed by atoms with Gasteiger partial charge in [0.05, 0.1) is 17.1 Å². The Morgan fingerprint density at radius 2 is 2.22 bits per heavy atom. The summed E-state index contributed by atoms with van der Waals surface area (Å²) in [5.74, 6) is -0.680. The molecule has 0 bridgehead atoms. The molecule has 0 aliphatic carbocycles. The van der Waals surface area contributed by atoms with Crippen molar-refractivity contribution in [1.82, 2.24) is 19.9 Å². The quantitative estimate of drug-likeness (QED) is 0.632. The molecule has 1 fully saturated rings. The number of carbonyl (C=O) groups excluding carboxylic acids is 2. The van der Waals surface area contributed by atoms with Gasteiger partial charge in [-0.05, 0) is 49.4 Å². The first-order valence-electron chi connectivity index (χ1n) is 9.00. The van der Waals surface area contributed by atoms with Crippen molar-refractivity contribution in [2.24, 2.45) is 0 Å². The number of ether oxygens (including phenoxy) is 1. The number of hydrogen-bond acceptors (Lipinski definition) is 6. The zero-order chi connectivity index (χ0) is 18.8. The van der Waals surface area contributed by atoms with Crippen LogP contribution < -0.4 is 0 Å². The summed E-state index contributed by atoms with van der Waals surface area (Å²) < 4.78 is 7.02. The van der Waals surface area contributed by atoms with Gasteiger partial charge in [-0.3, -0.25) is 4.79 Å². The van der Waals surface area contributed by atoms with Crippen LogP contribution in [0.15, 0.2) is 35.7 Å². The number of amides is 1. The van der Waals surface area contributed by atoms with Gasteiger partial charge in [-0.2, -0.15) is 0 Å². The number of hydrogen-bond donors (Lipinski definition) is 0. The Balaban J connectivity index is 1.40. The lowest BCUT2D eigenvalue weighted by atomic mass is 10.2. The molecular formula is C19H20N4O3S. The van der Waals surface area contributed by atoms with Crippen LogP contribution >= 0.6 is 11.3 Å². The molecule has 140 valence electrons. The lowest BCUT2D eigenvalue weighted by Crippen LogP contribution is -2.34. The predicted molar refractivity (Wildman–Crippen MR) is 101 cm³/mol. The second-order valence-electron chi connectivity index (χ2n) is 6.45. The van der Waals surface area contributed by atoms with Gasteiger partial charge in [0.1, 0.15) is 5.52 Å². The van der Waals surface area contributed by atoms with Crippen LogP contribution in [0.25, 0.3) is 11.0 Å². The topological polar surface area (TPSA) is 77.3 Å². The number of fused-ring (bicyclic) bond motifs is 1. The highest BCUT2D eigenvalue weighted by Gasteiger charge is 2.31. The maximum absolute atomic E-state index is 12.6. The second-order valence-corrected chi connectivity index (χ2v) is 7.42. The Morgan fingerprint density at radius 1 is 1.33 bits per heavy atom. The molecule has 0 unspecified atom stereocenters. The molecule has 3 aromatic rings. The summed E-state index contributed by atoms with van der Waals surface area (Å²) in [6.45, 7) is 3.13. The molecule has 3 heterocycles. The van der Waals surface area contributed by atoms with Crippen LogP contribution in [0.4, 0.5) is 0 Å². The van der Waals surface area contributed by atoms with Crippen molar-refractivity contribution in [2.45, 2.75) is 32.4 Å². The van der Waals surface area contributed by atoms with Gasteiger partial charge in [-0.1, -0.05) is 11.3 Å². The maximum Gasteiger partial charge on any atom is 0.338 e. The molecule has 1 aliphatic rings. The molecule has 0 saturated carbocycles. The maximum atomic E-state index is 12.6. The summed E-state index contributed by atoms with van der Waals surface area (Å²) in [6.07, 6.45) is 1.91. The lowest BCUT2D eigenvalue weighted by molar-refractivity contribution is -0.135. The number of likely N-dealkylation sites (tertiary alicyclic amines) is 1. The van der Waals surface area contributed by atoms with Gasteiger partial charge in [0.2, 0.25) is 0 Å². The smallest absolute Gasteiger partial charge is 0.338 e. The first-order valence-corrected chi connectivity index (χ1v) is 9.88. The monoisotopic (exact) mass is 384 g/mol. The number of rotatable bonds is 5. The van der Waals surface area contributed by atoms with E-state index in [9.17, 15) is 9.59 Å².